The largest absolute Gasteiger partial charge is 0.334 e. The molecule has 2 N–H and O–H groups in total. The van der Waals surface area contributed by atoms with E-state index in [1.165, 1.54) is 10.4 Å². The van der Waals surface area contributed by atoms with Crippen LogP contribution in [0.1, 0.15) is 34.9 Å². The number of urea groups is 1. The van der Waals surface area contributed by atoms with E-state index in [2.05, 4.69) is 22.1 Å². The molecule has 1 aromatic heterocycles. The maximum absolute atomic E-state index is 12.1. The third-order valence-corrected chi connectivity index (χ3v) is 6.00. The molecule has 0 radical (unpaired) electrons. The Labute approximate surface area is 142 Å². The number of nitrogens with one attached hydrogen (secondary N) is 2. The molecular formula is C17H20N2O2S2. The third-order valence-electron chi connectivity index (χ3n) is 4.07. The molecule has 1 aromatic carbocycles. The topological polar surface area (TPSA) is 58.2 Å². The first-order chi connectivity index (χ1) is 11.1. The number of carbonyl (C=O) groups excluding carboxylic acids is 1. The highest BCUT2D eigenvalue weighted by Crippen LogP contribution is 2.33. The van der Waals surface area contributed by atoms with Gasteiger partial charge in [-0.1, -0.05) is 12.1 Å². The van der Waals surface area contributed by atoms with Crippen molar-refractivity contribution in [3.8, 4) is 0 Å². The standard InChI is InChI=1S/C17H20N2O2S2/c1-23(21)13-7-5-12(6-8-13)11-18-17(20)19-15-3-2-4-16-14(15)9-10-22-16/h5-10,15H,2-4,11H2,1H3,(H2,18,19,20)/t15-,23-/m0/s1. The van der Waals surface area contributed by atoms with Crippen LogP contribution < -0.4 is 10.6 Å². The highest BCUT2D eigenvalue weighted by Gasteiger charge is 2.22. The lowest BCUT2D eigenvalue weighted by atomic mass is 9.94. The second-order valence-electron chi connectivity index (χ2n) is 5.67. The quantitative estimate of drug-likeness (QED) is 0.890. The summed E-state index contributed by atoms with van der Waals surface area (Å²) in [5.41, 5.74) is 2.26. The molecule has 2 aromatic rings. The van der Waals surface area contributed by atoms with Gasteiger partial charge in [0.15, 0.2) is 0 Å². The number of benzene rings is 1. The van der Waals surface area contributed by atoms with Gasteiger partial charge in [-0.15, -0.1) is 11.3 Å². The lowest BCUT2D eigenvalue weighted by molar-refractivity contribution is 0.235. The summed E-state index contributed by atoms with van der Waals surface area (Å²) in [5, 5.41) is 8.06. The molecule has 3 rings (SSSR count). The molecule has 0 saturated heterocycles. The van der Waals surface area contributed by atoms with Gasteiger partial charge in [0.25, 0.3) is 0 Å². The van der Waals surface area contributed by atoms with Crippen molar-refractivity contribution in [3.63, 3.8) is 0 Å². The molecule has 4 nitrogen and oxygen atoms in total. The average Bonchev–Trinajstić information content (AvgIpc) is 3.03. The van der Waals surface area contributed by atoms with E-state index in [4.69, 9.17) is 0 Å². The van der Waals surface area contributed by atoms with Crippen LogP contribution in [0, 0.1) is 0 Å². The van der Waals surface area contributed by atoms with Gasteiger partial charge in [0.2, 0.25) is 0 Å². The lowest BCUT2D eigenvalue weighted by Gasteiger charge is -2.23. The number of amides is 2. The molecule has 6 heteroatoms. The first-order valence-corrected chi connectivity index (χ1v) is 10.1. The SMILES string of the molecule is C[S@](=O)c1ccc(CNC(=O)N[C@H]2CCCc3sccc32)cc1. The maximum Gasteiger partial charge on any atom is 0.315 e. The van der Waals surface area contributed by atoms with Crippen molar-refractivity contribution in [2.24, 2.45) is 0 Å². The van der Waals surface area contributed by atoms with Crippen LogP contribution >= 0.6 is 11.3 Å². The monoisotopic (exact) mass is 348 g/mol. The molecule has 23 heavy (non-hydrogen) atoms. The Morgan fingerprint density at radius 2 is 2.09 bits per heavy atom. The van der Waals surface area contributed by atoms with Crippen molar-refractivity contribution >= 4 is 28.2 Å². The van der Waals surface area contributed by atoms with Crippen LogP contribution in [-0.4, -0.2) is 16.5 Å². The van der Waals surface area contributed by atoms with Crippen LogP contribution in [0.4, 0.5) is 4.79 Å². The summed E-state index contributed by atoms with van der Waals surface area (Å²) in [7, 11) is -0.971. The zero-order valence-electron chi connectivity index (χ0n) is 13.0. The fraction of sp³-hybridized carbons (Fsp3) is 0.353. The molecule has 0 spiro atoms. The van der Waals surface area contributed by atoms with Gasteiger partial charge < -0.3 is 10.6 Å². The summed E-state index contributed by atoms with van der Waals surface area (Å²) in [5.74, 6) is 0. The summed E-state index contributed by atoms with van der Waals surface area (Å²) in [4.78, 5) is 14.3. The zero-order valence-corrected chi connectivity index (χ0v) is 14.6. The van der Waals surface area contributed by atoms with Crippen molar-refractivity contribution in [1.29, 1.82) is 0 Å². The van der Waals surface area contributed by atoms with Crippen LogP contribution in [0.2, 0.25) is 0 Å². The summed E-state index contributed by atoms with van der Waals surface area (Å²) in [6.45, 7) is 0.464. The highest BCUT2D eigenvalue weighted by molar-refractivity contribution is 7.84. The van der Waals surface area contributed by atoms with Gasteiger partial charge in [-0.25, -0.2) is 4.79 Å². The van der Waals surface area contributed by atoms with E-state index in [-0.39, 0.29) is 12.1 Å². The number of fused-ring (bicyclic) bond motifs is 1. The minimum Gasteiger partial charge on any atom is -0.334 e. The molecule has 0 aliphatic heterocycles. The smallest absolute Gasteiger partial charge is 0.315 e. The Bertz CT molecular complexity index is 710. The van der Waals surface area contributed by atoms with Gasteiger partial charge in [0, 0.05) is 33.4 Å². The van der Waals surface area contributed by atoms with Crippen molar-refractivity contribution in [2.45, 2.75) is 36.7 Å². The summed E-state index contributed by atoms with van der Waals surface area (Å²) < 4.78 is 11.4. The molecule has 0 bridgehead atoms. The molecule has 1 aliphatic carbocycles. The molecule has 122 valence electrons. The molecule has 2 amide bonds. The Balaban J connectivity index is 1.53. The van der Waals surface area contributed by atoms with Crippen molar-refractivity contribution in [1.82, 2.24) is 10.6 Å². The Kier molecular flexibility index (Phi) is 5.13. The second-order valence-corrected chi connectivity index (χ2v) is 8.05. The Morgan fingerprint density at radius 1 is 1.30 bits per heavy atom. The molecule has 2 atom stereocenters. The number of hydrogen-bond acceptors (Lipinski definition) is 3. The minimum absolute atomic E-state index is 0.120. The summed E-state index contributed by atoms with van der Waals surface area (Å²) in [6.07, 6.45) is 4.89. The van der Waals surface area contributed by atoms with E-state index in [0.717, 1.165) is 29.7 Å². The van der Waals surface area contributed by atoms with E-state index >= 15 is 0 Å². The van der Waals surface area contributed by atoms with Gasteiger partial charge >= 0.3 is 6.03 Å². The number of thiophene rings is 1. The van der Waals surface area contributed by atoms with E-state index in [1.807, 2.05) is 24.3 Å². The summed E-state index contributed by atoms with van der Waals surface area (Å²) in [6, 6.07) is 9.57. The molecule has 0 unspecified atom stereocenters. The molecule has 1 aliphatic rings. The van der Waals surface area contributed by atoms with Crippen molar-refractivity contribution in [2.75, 3.05) is 6.26 Å². The van der Waals surface area contributed by atoms with E-state index < -0.39 is 10.8 Å². The second kappa shape index (κ2) is 7.27. The highest BCUT2D eigenvalue weighted by atomic mass is 32.2. The minimum atomic E-state index is -0.971. The van der Waals surface area contributed by atoms with Gasteiger partial charge in [0.05, 0.1) is 6.04 Å². The van der Waals surface area contributed by atoms with Crippen molar-refractivity contribution in [3.05, 3.63) is 51.7 Å². The first-order valence-electron chi connectivity index (χ1n) is 7.66. The molecular weight excluding hydrogens is 328 g/mol. The zero-order chi connectivity index (χ0) is 16.2. The number of rotatable bonds is 4. The average molecular weight is 348 g/mol. The van der Waals surface area contributed by atoms with E-state index in [0.29, 0.717) is 6.54 Å². The first kappa shape index (κ1) is 16.2. The van der Waals surface area contributed by atoms with Crippen LogP contribution in [0.15, 0.2) is 40.6 Å². The van der Waals surface area contributed by atoms with Gasteiger partial charge in [0.1, 0.15) is 0 Å². The third kappa shape index (κ3) is 4.00. The van der Waals surface area contributed by atoms with Crippen LogP contribution in [0.3, 0.4) is 0 Å². The fourth-order valence-corrected chi connectivity index (χ4v) is 4.33. The van der Waals surface area contributed by atoms with Gasteiger partial charge in [-0.3, -0.25) is 4.21 Å². The number of carbonyl (C=O) groups is 1. The summed E-state index contributed by atoms with van der Waals surface area (Å²) >= 11 is 1.77. The Morgan fingerprint density at radius 3 is 2.83 bits per heavy atom. The van der Waals surface area contributed by atoms with E-state index in [9.17, 15) is 9.00 Å². The van der Waals surface area contributed by atoms with Gasteiger partial charge in [-0.05, 0) is 54.0 Å². The van der Waals surface area contributed by atoms with Crippen LogP contribution in [-0.2, 0) is 23.8 Å². The Hall–Kier alpha value is -1.66. The predicted molar refractivity (Wildman–Crippen MR) is 94.1 cm³/mol. The lowest BCUT2D eigenvalue weighted by Crippen LogP contribution is -2.38. The molecule has 0 saturated carbocycles. The van der Waals surface area contributed by atoms with Gasteiger partial charge in [-0.2, -0.15) is 0 Å². The maximum atomic E-state index is 12.1. The number of hydrogen-bond donors (Lipinski definition) is 2. The molecule has 0 fully saturated rings. The van der Waals surface area contributed by atoms with Crippen LogP contribution in [0.25, 0.3) is 0 Å². The van der Waals surface area contributed by atoms with E-state index in [1.54, 1.807) is 17.6 Å². The van der Waals surface area contributed by atoms with Crippen LogP contribution in [0.5, 0.6) is 0 Å². The fourth-order valence-electron chi connectivity index (χ4n) is 2.83. The normalized spacial score (nSPS) is 18.0. The van der Waals surface area contributed by atoms with Crippen molar-refractivity contribution < 1.29 is 9.00 Å². The molecule has 1 heterocycles. The predicted octanol–water partition coefficient (Wildman–Crippen LogP) is 3.36. The number of aryl methyl sites for hydroxylation is 1.